The Bertz CT molecular complexity index is 46.3. The molecule has 56 valence electrons. The zero-order valence-corrected chi connectivity index (χ0v) is 8.44. The molecule has 1 N–H and O–H groups in total. The lowest BCUT2D eigenvalue weighted by molar-refractivity contribution is 0.129. The van der Waals surface area contributed by atoms with E-state index < -0.39 is 0 Å². The second-order valence-corrected chi connectivity index (χ2v) is 2.99. The summed E-state index contributed by atoms with van der Waals surface area (Å²) in [5.74, 6) is 0. The van der Waals surface area contributed by atoms with Gasteiger partial charge in [0.15, 0.2) is 0 Å². The van der Waals surface area contributed by atoms with E-state index in [-0.39, 0.29) is 0 Å². The lowest BCUT2D eigenvalue weighted by atomic mass is 10.5. The van der Waals surface area contributed by atoms with E-state index in [1.165, 1.54) is 22.7 Å². The highest BCUT2D eigenvalue weighted by molar-refractivity contribution is 6.08. The summed E-state index contributed by atoms with van der Waals surface area (Å²) in [7, 11) is 1.33. The number of rotatable bonds is 6. The molecule has 0 aliphatic rings. The summed E-state index contributed by atoms with van der Waals surface area (Å²) < 4.78 is 5.08. The lowest BCUT2D eigenvalue weighted by Crippen LogP contribution is -2.18. The quantitative estimate of drug-likeness (QED) is 0.318. The molecule has 0 aromatic rings. The van der Waals surface area contributed by atoms with Gasteiger partial charge in [0, 0.05) is 16.8 Å². The van der Waals surface area contributed by atoms with Crippen LogP contribution in [0.4, 0.5) is 0 Å². The summed E-state index contributed by atoms with van der Waals surface area (Å²) in [4.78, 5) is 0. The summed E-state index contributed by atoms with van der Waals surface area (Å²) in [6.07, 6.45) is 1.30. The van der Waals surface area contributed by atoms with Crippen molar-refractivity contribution < 1.29 is 4.74 Å². The molecule has 0 spiro atoms. The van der Waals surface area contributed by atoms with Crippen LogP contribution in [0.25, 0.3) is 0 Å². The van der Waals surface area contributed by atoms with E-state index in [1.54, 1.807) is 0 Å². The van der Waals surface area contributed by atoms with Crippen LogP contribution in [0.2, 0.25) is 6.04 Å². The maximum Gasteiger partial charge on any atom is 0.0965 e. The molecule has 0 aromatic heterocycles. The van der Waals surface area contributed by atoms with Gasteiger partial charge >= 0.3 is 0 Å². The van der Waals surface area contributed by atoms with Gasteiger partial charge in [-0.3, -0.25) is 5.32 Å². The Morgan fingerprint density at radius 1 is 1.56 bits per heavy atom. The van der Waals surface area contributed by atoms with Gasteiger partial charge in [-0.1, -0.05) is 6.04 Å². The van der Waals surface area contributed by atoms with Gasteiger partial charge in [0.05, 0.1) is 6.73 Å². The molecular formula is C6H17NOSi. The molecule has 0 fully saturated rings. The van der Waals surface area contributed by atoms with Crippen LogP contribution in [-0.4, -0.2) is 30.1 Å². The third kappa shape index (κ3) is 8.14. The summed E-state index contributed by atoms with van der Waals surface area (Å²) >= 11 is 0. The van der Waals surface area contributed by atoms with Crippen LogP contribution in [0.15, 0.2) is 0 Å². The van der Waals surface area contributed by atoms with E-state index in [0.29, 0.717) is 0 Å². The molecule has 0 unspecified atom stereocenters. The summed E-state index contributed by atoms with van der Waals surface area (Å²) in [5, 5.41) is 3.19. The first kappa shape index (κ1) is 9.14. The smallest absolute Gasteiger partial charge is 0.0965 e. The Morgan fingerprint density at radius 2 is 2.33 bits per heavy atom. The highest BCUT2D eigenvalue weighted by atomic mass is 28.1. The molecule has 0 heterocycles. The van der Waals surface area contributed by atoms with Gasteiger partial charge in [-0.05, 0) is 19.9 Å². The Labute approximate surface area is 60.4 Å². The number of nitrogens with one attached hydrogen (secondary N) is 1. The first-order chi connectivity index (χ1) is 4.41. The lowest BCUT2D eigenvalue weighted by Gasteiger charge is -2.01. The molecule has 2 nitrogen and oxygen atoms in total. The van der Waals surface area contributed by atoms with Crippen molar-refractivity contribution in [2.75, 3.05) is 19.9 Å². The monoisotopic (exact) mass is 147 g/mol. The molecule has 0 aromatic carbocycles. The first-order valence-corrected chi connectivity index (χ1v) is 5.11. The predicted molar refractivity (Wildman–Crippen MR) is 43.9 cm³/mol. The zero-order valence-electron chi connectivity index (χ0n) is 6.44. The molecule has 0 bridgehead atoms. The van der Waals surface area contributed by atoms with Crippen LogP contribution in [0, 0.1) is 0 Å². The third-order valence-electron chi connectivity index (χ3n) is 1.12. The van der Waals surface area contributed by atoms with Gasteiger partial charge < -0.3 is 4.74 Å². The maximum absolute atomic E-state index is 5.08. The minimum atomic E-state index is 0.720. The van der Waals surface area contributed by atoms with Crippen molar-refractivity contribution in [3.05, 3.63) is 0 Å². The fraction of sp³-hybridized carbons (Fsp3) is 1.00. The predicted octanol–water partition coefficient (Wildman–Crippen LogP) is -0.256. The Hall–Kier alpha value is 0.137. The van der Waals surface area contributed by atoms with Crippen molar-refractivity contribution in [1.82, 2.24) is 5.32 Å². The van der Waals surface area contributed by atoms with Crippen molar-refractivity contribution in [3.63, 3.8) is 0 Å². The van der Waals surface area contributed by atoms with Gasteiger partial charge in [0.25, 0.3) is 0 Å². The highest BCUT2D eigenvalue weighted by Crippen LogP contribution is 1.79. The topological polar surface area (TPSA) is 21.3 Å². The highest BCUT2D eigenvalue weighted by Gasteiger charge is 1.82. The van der Waals surface area contributed by atoms with E-state index in [2.05, 4.69) is 5.32 Å². The molecule has 0 aliphatic heterocycles. The van der Waals surface area contributed by atoms with Crippen LogP contribution >= 0.6 is 0 Å². The minimum Gasteiger partial charge on any atom is -0.367 e. The van der Waals surface area contributed by atoms with Crippen molar-refractivity contribution >= 4 is 10.2 Å². The second kappa shape index (κ2) is 8.14. The zero-order chi connectivity index (χ0) is 6.95. The molecular weight excluding hydrogens is 130 g/mol. The van der Waals surface area contributed by atoms with Crippen LogP contribution in [-0.2, 0) is 4.74 Å². The number of hydrogen-bond acceptors (Lipinski definition) is 2. The van der Waals surface area contributed by atoms with Crippen molar-refractivity contribution in [2.45, 2.75) is 19.4 Å². The van der Waals surface area contributed by atoms with Crippen LogP contribution in [0.3, 0.4) is 0 Å². The fourth-order valence-electron chi connectivity index (χ4n) is 0.548. The molecule has 9 heavy (non-hydrogen) atoms. The normalized spacial score (nSPS) is 10.3. The molecule has 3 heteroatoms. The number of hydrogen-bond donors (Lipinski definition) is 1. The molecule has 0 aliphatic carbocycles. The van der Waals surface area contributed by atoms with E-state index in [4.69, 9.17) is 4.74 Å². The summed E-state index contributed by atoms with van der Waals surface area (Å²) in [6, 6.07) is 1.39. The van der Waals surface area contributed by atoms with Gasteiger partial charge in [0.1, 0.15) is 0 Å². The maximum atomic E-state index is 5.08. The molecule has 0 radical (unpaired) electrons. The fourth-order valence-corrected chi connectivity index (χ4v) is 0.902. The van der Waals surface area contributed by atoms with Crippen LogP contribution < -0.4 is 5.32 Å². The van der Waals surface area contributed by atoms with Crippen LogP contribution in [0.5, 0.6) is 0 Å². The third-order valence-corrected chi connectivity index (χ3v) is 1.82. The SMILES string of the molecule is CCOCNCCC[SiH3]. The molecule has 0 saturated carbocycles. The Morgan fingerprint density at radius 3 is 2.89 bits per heavy atom. The first-order valence-electron chi connectivity index (χ1n) is 3.70. The Kier molecular flexibility index (Phi) is 8.26. The minimum absolute atomic E-state index is 0.720. The average Bonchev–Trinajstić information content (AvgIpc) is 1.89. The second-order valence-electron chi connectivity index (χ2n) is 1.99. The molecule has 0 rings (SSSR count). The van der Waals surface area contributed by atoms with E-state index >= 15 is 0 Å². The molecule has 0 saturated heterocycles. The standard InChI is InChI=1S/C6H17NOSi/c1-2-8-6-7-4-3-5-9/h7H,2-6H2,1,9H3. The van der Waals surface area contributed by atoms with Gasteiger partial charge in [-0.2, -0.15) is 0 Å². The van der Waals surface area contributed by atoms with E-state index in [0.717, 1.165) is 19.9 Å². The van der Waals surface area contributed by atoms with E-state index in [1.807, 2.05) is 6.92 Å². The van der Waals surface area contributed by atoms with Gasteiger partial charge in [-0.25, -0.2) is 0 Å². The van der Waals surface area contributed by atoms with Crippen molar-refractivity contribution in [2.24, 2.45) is 0 Å². The van der Waals surface area contributed by atoms with Crippen LogP contribution in [0.1, 0.15) is 13.3 Å². The van der Waals surface area contributed by atoms with Crippen molar-refractivity contribution in [1.29, 1.82) is 0 Å². The number of ether oxygens (including phenoxy) is 1. The largest absolute Gasteiger partial charge is 0.367 e. The molecule has 0 amide bonds. The summed E-state index contributed by atoms with van der Waals surface area (Å²) in [5.41, 5.74) is 0. The summed E-state index contributed by atoms with van der Waals surface area (Å²) in [6.45, 7) is 4.66. The average molecular weight is 147 g/mol. The molecule has 0 atom stereocenters. The van der Waals surface area contributed by atoms with Gasteiger partial charge in [-0.15, -0.1) is 0 Å². The van der Waals surface area contributed by atoms with Gasteiger partial charge in [0.2, 0.25) is 0 Å². The van der Waals surface area contributed by atoms with E-state index in [9.17, 15) is 0 Å². The Balaban J connectivity index is 2.60. The van der Waals surface area contributed by atoms with Crippen molar-refractivity contribution in [3.8, 4) is 0 Å².